The number of halogens is 1. The van der Waals surface area contributed by atoms with E-state index in [1.807, 2.05) is 24.3 Å². The highest BCUT2D eigenvalue weighted by Crippen LogP contribution is 2.42. The first-order valence-electron chi connectivity index (χ1n) is 10.5. The lowest BCUT2D eigenvalue weighted by Crippen LogP contribution is -2.30. The highest BCUT2D eigenvalue weighted by Gasteiger charge is 2.47. The van der Waals surface area contributed by atoms with Crippen LogP contribution in [0.3, 0.4) is 0 Å². The van der Waals surface area contributed by atoms with Gasteiger partial charge in [-0.05, 0) is 47.4 Å². The average Bonchev–Trinajstić information content (AvgIpc) is 3.09. The number of aliphatic hydroxyl groups excluding tert-OH is 1. The number of methoxy groups -OCH3 is 1. The third-order valence-electron chi connectivity index (χ3n) is 5.68. The zero-order valence-corrected chi connectivity index (χ0v) is 19.2. The van der Waals surface area contributed by atoms with Gasteiger partial charge in [0.05, 0.1) is 23.7 Å². The maximum atomic E-state index is 13.2. The summed E-state index contributed by atoms with van der Waals surface area (Å²) in [5.74, 6) is -0.778. The van der Waals surface area contributed by atoms with Crippen LogP contribution in [-0.2, 0) is 9.59 Å². The fraction of sp³-hybridized carbons (Fsp3) is 0.192. The summed E-state index contributed by atoms with van der Waals surface area (Å²) in [6, 6.07) is 16.6. The SMILES string of the molecule is COc1ccc(C(O)=C2C(=O)C(=O)N(c3ccccn3)C2c2ccc(C(C)C)cc2)cc1Cl. The Balaban J connectivity index is 1.91. The molecule has 0 radical (unpaired) electrons. The van der Waals surface area contributed by atoms with Crippen LogP contribution in [0.2, 0.25) is 5.02 Å². The number of pyridine rings is 1. The van der Waals surface area contributed by atoms with Crippen LogP contribution in [0.1, 0.15) is 42.5 Å². The third kappa shape index (κ3) is 4.10. The van der Waals surface area contributed by atoms with Gasteiger partial charge in [-0.15, -0.1) is 0 Å². The van der Waals surface area contributed by atoms with Gasteiger partial charge in [0.2, 0.25) is 0 Å². The predicted molar refractivity (Wildman–Crippen MR) is 128 cm³/mol. The van der Waals surface area contributed by atoms with Crippen molar-refractivity contribution in [1.29, 1.82) is 0 Å². The predicted octanol–water partition coefficient (Wildman–Crippen LogP) is 5.49. The van der Waals surface area contributed by atoms with Crippen LogP contribution in [0.5, 0.6) is 5.75 Å². The minimum absolute atomic E-state index is 0.0239. The Kier molecular flexibility index (Phi) is 6.20. The molecule has 1 aliphatic rings. The molecule has 1 unspecified atom stereocenters. The lowest BCUT2D eigenvalue weighted by atomic mass is 9.93. The number of rotatable bonds is 5. The van der Waals surface area contributed by atoms with Crippen molar-refractivity contribution in [2.45, 2.75) is 25.8 Å². The second-order valence-electron chi connectivity index (χ2n) is 8.03. The van der Waals surface area contributed by atoms with Crippen molar-refractivity contribution in [2.75, 3.05) is 12.0 Å². The Labute approximate surface area is 197 Å². The van der Waals surface area contributed by atoms with Crippen molar-refractivity contribution >= 4 is 34.9 Å². The number of aliphatic hydroxyl groups is 1. The Hall–Kier alpha value is -3.64. The average molecular weight is 463 g/mol. The molecular weight excluding hydrogens is 440 g/mol. The molecule has 2 heterocycles. The second-order valence-corrected chi connectivity index (χ2v) is 8.43. The smallest absolute Gasteiger partial charge is 0.301 e. The lowest BCUT2D eigenvalue weighted by molar-refractivity contribution is -0.132. The molecule has 6 nitrogen and oxygen atoms in total. The van der Waals surface area contributed by atoms with E-state index in [2.05, 4.69) is 18.8 Å². The summed E-state index contributed by atoms with van der Waals surface area (Å²) in [7, 11) is 1.49. The van der Waals surface area contributed by atoms with Crippen LogP contribution >= 0.6 is 11.6 Å². The number of carbonyl (C=O) groups is 2. The number of hydrogen-bond acceptors (Lipinski definition) is 5. The van der Waals surface area contributed by atoms with Crippen molar-refractivity contribution < 1.29 is 19.4 Å². The molecule has 7 heteroatoms. The molecule has 1 amide bonds. The summed E-state index contributed by atoms with van der Waals surface area (Å²) in [5, 5.41) is 11.5. The van der Waals surface area contributed by atoms with E-state index in [9.17, 15) is 14.7 Å². The van der Waals surface area contributed by atoms with E-state index in [4.69, 9.17) is 16.3 Å². The van der Waals surface area contributed by atoms with Gasteiger partial charge in [0.15, 0.2) is 0 Å². The number of aromatic nitrogens is 1. The molecule has 1 saturated heterocycles. The minimum atomic E-state index is -0.845. The highest BCUT2D eigenvalue weighted by molar-refractivity contribution is 6.51. The summed E-state index contributed by atoms with van der Waals surface area (Å²) in [4.78, 5) is 31.9. The molecule has 1 fully saturated rings. The number of hydrogen-bond donors (Lipinski definition) is 1. The van der Waals surface area contributed by atoms with Gasteiger partial charge < -0.3 is 9.84 Å². The first-order chi connectivity index (χ1) is 15.8. The quantitative estimate of drug-likeness (QED) is 0.308. The molecule has 1 N–H and O–H groups in total. The highest BCUT2D eigenvalue weighted by atomic mass is 35.5. The van der Waals surface area contributed by atoms with Gasteiger partial charge in [0.25, 0.3) is 5.78 Å². The van der Waals surface area contributed by atoms with E-state index in [1.54, 1.807) is 36.5 Å². The summed E-state index contributed by atoms with van der Waals surface area (Å²) < 4.78 is 5.17. The molecule has 168 valence electrons. The normalized spacial score (nSPS) is 17.6. The molecule has 0 spiro atoms. The minimum Gasteiger partial charge on any atom is -0.507 e. The maximum Gasteiger partial charge on any atom is 0.301 e. The molecule has 3 aromatic rings. The molecule has 1 aromatic heterocycles. The molecule has 4 rings (SSSR count). The number of carbonyl (C=O) groups excluding carboxylic acids is 2. The van der Waals surface area contributed by atoms with Gasteiger partial charge in [0, 0.05) is 11.8 Å². The fourth-order valence-corrected chi connectivity index (χ4v) is 4.17. The Morgan fingerprint density at radius 3 is 2.39 bits per heavy atom. The number of amides is 1. The summed E-state index contributed by atoms with van der Waals surface area (Å²) in [5.41, 5.74) is 2.09. The van der Waals surface area contributed by atoms with Gasteiger partial charge in [-0.1, -0.05) is 55.8 Å². The second kappa shape index (κ2) is 9.08. The monoisotopic (exact) mass is 462 g/mol. The van der Waals surface area contributed by atoms with Crippen LogP contribution in [0.4, 0.5) is 5.82 Å². The molecule has 0 bridgehead atoms. The van der Waals surface area contributed by atoms with E-state index < -0.39 is 17.7 Å². The first-order valence-corrected chi connectivity index (χ1v) is 10.9. The number of benzene rings is 2. The van der Waals surface area contributed by atoms with Gasteiger partial charge in [0.1, 0.15) is 17.3 Å². The topological polar surface area (TPSA) is 79.7 Å². The molecule has 1 atom stereocenters. The van der Waals surface area contributed by atoms with E-state index in [0.29, 0.717) is 28.6 Å². The largest absolute Gasteiger partial charge is 0.507 e. The molecule has 2 aromatic carbocycles. The summed E-state index contributed by atoms with van der Waals surface area (Å²) in [6.45, 7) is 4.17. The van der Waals surface area contributed by atoms with Crippen LogP contribution < -0.4 is 9.64 Å². The Bertz CT molecular complexity index is 1240. The Morgan fingerprint density at radius 2 is 1.82 bits per heavy atom. The molecular formula is C26H23ClN2O4. The van der Waals surface area contributed by atoms with E-state index in [1.165, 1.54) is 18.1 Å². The van der Waals surface area contributed by atoms with E-state index >= 15 is 0 Å². The van der Waals surface area contributed by atoms with Crippen LogP contribution in [0.15, 0.2) is 72.4 Å². The van der Waals surface area contributed by atoms with Gasteiger partial charge in [-0.3, -0.25) is 14.5 Å². The van der Waals surface area contributed by atoms with Gasteiger partial charge >= 0.3 is 5.91 Å². The van der Waals surface area contributed by atoms with Crippen molar-refractivity contribution in [3.63, 3.8) is 0 Å². The first kappa shape index (κ1) is 22.6. The Morgan fingerprint density at radius 1 is 1.09 bits per heavy atom. The van der Waals surface area contributed by atoms with Crippen molar-refractivity contribution in [2.24, 2.45) is 0 Å². The third-order valence-corrected chi connectivity index (χ3v) is 5.98. The number of nitrogens with zero attached hydrogens (tertiary/aromatic N) is 2. The van der Waals surface area contributed by atoms with Gasteiger partial charge in [-0.25, -0.2) is 4.98 Å². The zero-order valence-electron chi connectivity index (χ0n) is 18.4. The zero-order chi connectivity index (χ0) is 23.7. The van der Waals surface area contributed by atoms with Crippen molar-refractivity contribution in [3.05, 3.63) is 94.1 Å². The maximum absolute atomic E-state index is 13.2. The molecule has 33 heavy (non-hydrogen) atoms. The lowest BCUT2D eigenvalue weighted by Gasteiger charge is -2.24. The van der Waals surface area contributed by atoms with Crippen molar-refractivity contribution in [3.8, 4) is 5.75 Å². The summed E-state index contributed by atoms with van der Waals surface area (Å²) >= 11 is 6.24. The van der Waals surface area contributed by atoms with Crippen LogP contribution in [-0.4, -0.2) is 28.9 Å². The van der Waals surface area contributed by atoms with Crippen LogP contribution in [0, 0.1) is 0 Å². The van der Waals surface area contributed by atoms with Crippen LogP contribution in [0.25, 0.3) is 5.76 Å². The number of anilines is 1. The van der Waals surface area contributed by atoms with E-state index in [0.717, 1.165) is 5.56 Å². The van der Waals surface area contributed by atoms with Gasteiger partial charge in [-0.2, -0.15) is 0 Å². The number of ether oxygens (including phenoxy) is 1. The number of Topliss-reactive ketones (excluding diaryl/α,β-unsaturated/α-hetero) is 1. The molecule has 0 aliphatic carbocycles. The molecule has 0 saturated carbocycles. The van der Waals surface area contributed by atoms with E-state index in [-0.39, 0.29) is 16.4 Å². The van der Waals surface area contributed by atoms with Crippen molar-refractivity contribution in [1.82, 2.24) is 4.98 Å². The fourth-order valence-electron chi connectivity index (χ4n) is 3.91. The summed E-state index contributed by atoms with van der Waals surface area (Å²) in [6.07, 6.45) is 1.55. The number of ketones is 1. The molecule has 1 aliphatic heterocycles. The standard InChI is InChI=1S/C26H23ClN2O4/c1-15(2)16-7-9-17(10-8-16)23-22(24(30)18-11-12-20(33-3)19(27)14-18)25(31)26(32)29(23)21-6-4-5-13-28-21/h4-15,23,30H,1-3H3.